The first-order chi connectivity index (χ1) is 8.38. The molecule has 0 aliphatic carbocycles. The summed E-state index contributed by atoms with van der Waals surface area (Å²) in [6.45, 7) is 9.19. The molecule has 0 saturated heterocycles. The SMILES string of the molecule is C=CCOCCOc1ccccc1CNCC. The van der Waals surface area contributed by atoms with Crippen LogP contribution in [-0.4, -0.2) is 26.4 Å². The molecule has 0 heterocycles. The van der Waals surface area contributed by atoms with Gasteiger partial charge in [-0.15, -0.1) is 6.58 Å². The van der Waals surface area contributed by atoms with E-state index in [1.807, 2.05) is 18.2 Å². The highest BCUT2D eigenvalue weighted by Gasteiger charge is 2.01. The average molecular weight is 235 g/mol. The molecule has 0 bridgehead atoms. The van der Waals surface area contributed by atoms with Crippen molar-refractivity contribution in [2.45, 2.75) is 13.5 Å². The first kappa shape index (κ1) is 13.7. The lowest BCUT2D eigenvalue weighted by atomic mass is 10.2. The van der Waals surface area contributed by atoms with Crippen molar-refractivity contribution in [3.05, 3.63) is 42.5 Å². The molecule has 3 nitrogen and oxygen atoms in total. The van der Waals surface area contributed by atoms with Gasteiger partial charge in [0, 0.05) is 12.1 Å². The number of ether oxygens (including phenoxy) is 2. The third-order valence-electron chi connectivity index (χ3n) is 2.26. The molecule has 0 aliphatic heterocycles. The maximum atomic E-state index is 5.68. The Morgan fingerprint density at radius 2 is 2.12 bits per heavy atom. The average Bonchev–Trinajstić information content (AvgIpc) is 2.37. The third-order valence-corrected chi connectivity index (χ3v) is 2.26. The number of benzene rings is 1. The first-order valence-electron chi connectivity index (χ1n) is 5.98. The van der Waals surface area contributed by atoms with Crippen LogP contribution in [-0.2, 0) is 11.3 Å². The van der Waals surface area contributed by atoms with Crippen LogP contribution >= 0.6 is 0 Å². The zero-order chi connectivity index (χ0) is 12.3. The molecule has 1 N–H and O–H groups in total. The van der Waals surface area contributed by atoms with Crippen LogP contribution in [0.5, 0.6) is 5.75 Å². The highest BCUT2D eigenvalue weighted by molar-refractivity contribution is 5.33. The predicted octanol–water partition coefficient (Wildman–Crippen LogP) is 2.38. The molecule has 0 radical (unpaired) electrons. The summed E-state index contributed by atoms with van der Waals surface area (Å²) in [5, 5.41) is 3.29. The molecule has 94 valence electrons. The van der Waals surface area contributed by atoms with Crippen molar-refractivity contribution in [2.24, 2.45) is 0 Å². The van der Waals surface area contributed by atoms with Gasteiger partial charge in [0.1, 0.15) is 12.4 Å². The van der Waals surface area contributed by atoms with E-state index in [0.29, 0.717) is 19.8 Å². The van der Waals surface area contributed by atoms with Crippen molar-refractivity contribution in [3.63, 3.8) is 0 Å². The van der Waals surface area contributed by atoms with Gasteiger partial charge >= 0.3 is 0 Å². The Bertz CT molecular complexity index is 326. The van der Waals surface area contributed by atoms with Gasteiger partial charge in [-0.1, -0.05) is 31.2 Å². The molecule has 3 heteroatoms. The summed E-state index contributed by atoms with van der Waals surface area (Å²) in [5.74, 6) is 0.927. The topological polar surface area (TPSA) is 30.5 Å². The molecule has 0 aliphatic rings. The largest absolute Gasteiger partial charge is 0.491 e. The summed E-state index contributed by atoms with van der Waals surface area (Å²) < 4.78 is 10.9. The van der Waals surface area contributed by atoms with E-state index in [9.17, 15) is 0 Å². The van der Waals surface area contributed by atoms with Crippen molar-refractivity contribution >= 4 is 0 Å². The number of para-hydroxylation sites is 1. The Hall–Kier alpha value is -1.32. The zero-order valence-electron chi connectivity index (χ0n) is 10.4. The van der Waals surface area contributed by atoms with Crippen molar-refractivity contribution in [3.8, 4) is 5.75 Å². The van der Waals surface area contributed by atoms with Gasteiger partial charge in [-0.25, -0.2) is 0 Å². The number of hydrogen-bond donors (Lipinski definition) is 1. The van der Waals surface area contributed by atoms with Gasteiger partial charge in [0.2, 0.25) is 0 Å². The van der Waals surface area contributed by atoms with Crippen molar-refractivity contribution in [1.29, 1.82) is 0 Å². The molecule has 0 fully saturated rings. The smallest absolute Gasteiger partial charge is 0.123 e. The third kappa shape index (κ3) is 5.52. The Labute approximate surface area is 103 Å². The van der Waals surface area contributed by atoms with Crippen LogP contribution < -0.4 is 10.1 Å². The highest BCUT2D eigenvalue weighted by atomic mass is 16.5. The fraction of sp³-hybridized carbons (Fsp3) is 0.429. The van der Waals surface area contributed by atoms with E-state index < -0.39 is 0 Å². The van der Waals surface area contributed by atoms with Crippen LogP contribution in [0.15, 0.2) is 36.9 Å². The van der Waals surface area contributed by atoms with Gasteiger partial charge in [-0.3, -0.25) is 0 Å². The minimum Gasteiger partial charge on any atom is -0.491 e. The molecule has 0 saturated carbocycles. The van der Waals surface area contributed by atoms with Gasteiger partial charge < -0.3 is 14.8 Å². The normalized spacial score (nSPS) is 10.2. The van der Waals surface area contributed by atoms with E-state index >= 15 is 0 Å². The lowest BCUT2D eigenvalue weighted by molar-refractivity contribution is 0.120. The van der Waals surface area contributed by atoms with Crippen LogP contribution in [0, 0.1) is 0 Å². The molecule has 0 atom stereocenters. The fourth-order valence-electron chi connectivity index (χ4n) is 1.43. The van der Waals surface area contributed by atoms with Crippen LogP contribution in [0.4, 0.5) is 0 Å². The van der Waals surface area contributed by atoms with Crippen molar-refractivity contribution < 1.29 is 9.47 Å². The van der Waals surface area contributed by atoms with Crippen LogP contribution in [0.1, 0.15) is 12.5 Å². The second-order valence-electron chi connectivity index (χ2n) is 3.60. The summed E-state index contributed by atoms with van der Waals surface area (Å²) in [6.07, 6.45) is 1.74. The Balaban J connectivity index is 2.37. The minimum atomic E-state index is 0.566. The van der Waals surface area contributed by atoms with Gasteiger partial charge in [0.25, 0.3) is 0 Å². The maximum absolute atomic E-state index is 5.68. The Morgan fingerprint density at radius 1 is 1.29 bits per heavy atom. The fourth-order valence-corrected chi connectivity index (χ4v) is 1.43. The lowest BCUT2D eigenvalue weighted by Crippen LogP contribution is -2.14. The van der Waals surface area contributed by atoms with Crippen molar-refractivity contribution in [1.82, 2.24) is 5.32 Å². The Morgan fingerprint density at radius 3 is 2.88 bits per heavy atom. The number of nitrogens with one attached hydrogen (secondary N) is 1. The van der Waals surface area contributed by atoms with Gasteiger partial charge in [0.15, 0.2) is 0 Å². The van der Waals surface area contributed by atoms with E-state index in [1.165, 1.54) is 5.56 Å². The van der Waals surface area contributed by atoms with Crippen molar-refractivity contribution in [2.75, 3.05) is 26.4 Å². The lowest BCUT2D eigenvalue weighted by Gasteiger charge is -2.11. The molecular weight excluding hydrogens is 214 g/mol. The minimum absolute atomic E-state index is 0.566. The highest BCUT2D eigenvalue weighted by Crippen LogP contribution is 2.17. The van der Waals surface area contributed by atoms with Crippen LogP contribution in [0.3, 0.4) is 0 Å². The maximum Gasteiger partial charge on any atom is 0.123 e. The molecule has 17 heavy (non-hydrogen) atoms. The van der Waals surface area contributed by atoms with E-state index in [0.717, 1.165) is 18.8 Å². The Kier molecular flexibility index (Phi) is 7.11. The van der Waals surface area contributed by atoms with Gasteiger partial charge in [-0.2, -0.15) is 0 Å². The van der Waals surface area contributed by atoms with E-state index in [1.54, 1.807) is 6.08 Å². The molecule has 1 rings (SSSR count). The zero-order valence-corrected chi connectivity index (χ0v) is 10.4. The summed E-state index contributed by atoms with van der Waals surface area (Å²) in [6, 6.07) is 8.06. The first-order valence-corrected chi connectivity index (χ1v) is 5.98. The number of rotatable bonds is 9. The predicted molar refractivity (Wildman–Crippen MR) is 70.3 cm³/mol. The van der Waals surface area contributed by atoms with E-state index in [4.69, 9.17) is 9.47 Å². The molecule has 1 aromatic carbocycles. The molecule has 0 aromatic heterocycles. The monoisotopic (exact) mass is 235 g/mol. The quantitative estimate of drug-likeness (QED) is 0.526. The summed E-state index contributed by atoms with van der Waals surface area (Å²) in [4.78, 5) is 0. The van der Waals surface area contributed by atoms with Gasteiger partial charge in [-0.05, 0) is 12.6 Å². The number of hydrogen-bond acceptors (Lipinski definition) is 3. The molecule has 0 spiro atoms. The van der Waals surface area contributed by atoms with E-state index in [2.05, 4.69) is 24.9 Å². The summed E-state index contributed by atoms with van der Waals surface area (Å²) in [7, 11) is 0. The van der Waals surface area contributed by atoms with Crippen LogP contribution in [0.2, 0.25) is 0 Å². The summed E-state index contributed by atoms with van der Waals surface area (Å²) in [5.41, 5.74) is 1.18. The summed E-state index contributed by atoms with van der Waals surface area (Å²) >= 11 is 0. The van der Waals surface area contributed by atoms with E-state index in [-0.39, 0.29) is 0 Å². The molecular formula is C14H21NO2. The second kappa shape index (κ2) is 8.79. The second-order valence-corrected chi connectivity index (χ2v) is 3.60. The molecule has 0 unspecified atom stereocenters. The molecule has 1 aromatic rings. The van der Waals surface area contributed by atoms with Gasteiger partial charge in [0.05, 0.1) is 13.2 Å². The van der Waals surface area contributed by atoms with Crippen LogP contribution in [0.25, 0.3) is 0 Å². The standard InChI is InChI=1S/C14H21NO2/c1-3-9-16-10-11-17-14-8-6-5-7-13(14)12-15-4-2/h3,5-8,15H,1,4,9-12H2,2H3. The molecule has 0 amide bonds.